The van der Waals surface area contributed by atoms with Gasteiger partial charge in [0.1, 0.15) is 12.1 Å². The predicted octanol–water partition coefficient (Wildman–Crippen LogP) is 2.28. The molecule has 1 saturated heterocycles. The van der Waals surface area contributed by atoms with Crippen LogP contribution in [0.1, 0.15) is 29.0 Å². The lowest BCUT2D eigenvalue weighted by Crippen LogP contribution is -2.46. The maximum absolute atomic E-state index is 13.2. The van der Waals surface area contributed by atoms with Crippen LogP contribution in [-0.4, -0.2) is 53.4 Å². The molecule has 4 amide bonds. The molecule has 1 fully saturated rings. The minimum absolute atomic E-state index is 0.352. The highest BCUT2D eigenvalue weighted by atomic mass is 32.1. The Morgan fingerprint density at radius 2 is 1.94 bits per heavy atom. The monoisotopic (exact) mass is 492 g/mol. The fourth-order valence-electron chi connectivity index (χ4n) is 4.66. The third-order valence-corrected chi connectivity index (χ3v) is 7.40. The van der Waals surface area contributed by atoms with E-state index in [0.29, 0.717) is 19.4 Å². The van der Waals surface area contributed by atoms with Gasteiger partial charge in [0.15, 0.2) is 6.61 Å². The molecule has 3 aromatic rings. The van der Waals surface area contributed by atoms with Crippen LogP contribution in [0.2, 0.25) is 0 Å². The van der Waals surface area contributed by atoms with Gasteiger partial charge >= 0.3 is 12.0 Å². The maximum Gasteiger partial charge on any atom is 0.326 e. The van der Waals surface area contributed by atoms with E-state index >= 15 is 0 Å². The number of thiazole rings is 1. The number of nitrogens with zero attached hydrogens (tertiary/aromatic N) is 2. The van der Waals surface area contributed by atoms with Gasteiger partial charge in [0.2, 0.25) is 0 Å². The Balaban J connectivity index is 1.11. The van der Waals surface area contributed by atoms with Crippen LogP contribution in [0.5, 0.6) is 0 Å². The second kappa shape index (κ2) is 9.46. The van der Waals surface area contributed by atoms with Crippen molar-refractivity contribution in [3.05, 3.63) is 64.7 Å². The SMILES string of the molecule is O=C(COC(=O)CN1C(=O)NC2(CCCc3ccccc32)C1=O)NCCc1nc2ccccc2s1. The second-order valence-electron chi connectivity index (χ2n) is 8.57. The van der Waals surface area contributed by atoms with Crippen LogP contribution in [0.15, 0.2) is 48.5 Å². The number of esters is 1. The molecule has 5 rings (SSSR count). The summed E-state index contributed by atoms with van der Waals surface area (Å²) in [6, 6.07) is 14.7. The van der Waals surface area contributed by atoms with E-state index in [1.165, 1.54) is 0 Å². The van der Waals surface area contributed by atoms with Gasteiger partial charge in [-0.3, -0.25) is 19.3 Å². The summed E-state index contributed by atoms with van der Waals surface area (Å²) in [5, 5.41) is 6.39. The summed E-state index contributed by atoms with van der Waals surface area (Å²) in [6.07, 6.45) is 2.61. The number of rotatable bonds is 7. The average molecular weight is 493 g/mol. The van der Waals surface area contributed by atoms with Crippen molar-refractivity contribution in [2.75, 3.05) is 19.7 Å². The molecule has 2 heterocycles. The molecule has 2 aliphatic rings. The number of ether oxygens (including phenoxy) is 1. The van der Waals surface area contributed by atoms with Gasteiger partial charge in [-0.05, 0) is 42.5 Å². The Labute approximate surface area is 205 Å². The summed E-state index contributed by atoms with van der Waals surface area (Å²) in [7, 11) is 0. The van der Waals surface area contributed by atoms with Crippen molar-refractivity contribution in [2.24, 2.45) is 0 Å². The van der Waals surface area contributed by atoms with Gasteiger partial charge < -0.3 is 15.4 Å². The topological polar surface area (TPSA) is 118 Å². The third kappa shape index (κ3) is 4.49. The number of imide groups is 1. The molecule has 10 heteroatoms. The zero-order valence-electron chi connectivity index (χ0n) is 18.9. The van der Waals surface area contributed by atoms with E-state index in [4.69, 9.17) is 4.74 Å². The van der Waals surface area contributed by atoms with Crippen LogP contribution in [0.3, 0.4) is 0 Å². The number of carbonyl (C=O) groups excluding carboxylic acids is 4. The van der Waals surface area contributed by atoms with Crippen molar-refractivity contribution >= 4 is 45.4 Å². The van der Waals surface area contributed by atoms with Gasteiger partial charge in [-0.15, -0.1) is 11.3 Å². The van der Waals surface area contributed by atoms with Gasteiger partial charge in [0.05, 0.1) is 15.2 Å². The zero-order valence-corrected chi connectivity index (χ0v) is 19.7. The number of benzene rings is 2. The smallest absolute Gasteiger partial charge is 0.326 e. The number of nitrogens with one attached hydrogen (secondary N) is 2. The van der Waals surface area contributed by atoms with E-state index < -0.39 is 42.5 Å². The van der Waals surface area contributed by atoms with Gasteiger partial charge in [-0.1, -0.05) is 36.4 Å². The Morgan fingerprint density at radius 3 is 2.80 bits per heavy atom. The van der Waals surface area contributed by atoms with Gasteiger partial charge in [-0.2, -0.15) is 0 Å². The van der Waals surface area contributed by atoms with E-state index in [9.17, 15) is 19.2 Å². The number of aryl methyl sites for hydroxylation is 1. The highest BCUT2D eigenvalue weighted by Crippen LogP contribution is 2.39. The van der Waals surface area contributed by atoms with Gasteiger partial charge in [0, 0.05) is 13.0 Å². The number of amides is 4. The molecule has 1 aromatic heterocycles. The van der Waals surface area contributed by atoms with Crippen molar-refractivity contribution in [1.82, 2.24) is 20.5 Å². The molecular weight excluding hydrogens is 468 g/mol. The quantitative estimate of drug-likeness (QED) is 0.386. The maximum atomic E-state index is 13.2. The third-order valence-electron chi connectivity index (χ3n) is 6.30. The molecular formula is C25H24N4O5S. The predicted molar refractivity (Wildman–Crippen MR) is 129 cm³/mol. The molecule has 0 radical (unpaired) electrons. The molecule has 0 bridgehead atoms. The van der Waals surface area contributed by atoms with Crippen molar-refractivity contribution < 1.29 is 23.9 Å². The Hall–Kier alpha value is -3.79. The number of urea groups is 1. The normalized spacial score (nSPS) is 19.0. The number of para-hydroxylation sites is 1. The fourth-order valence-corrected chi connectivity index (χ4v) is 5.63. The van der Waals surface area contributed by atoms with Crippen LogP contribution in [0.25, 0.3) is 10.2 Å². The van der Waals surface area contributed by atoms with E-state index in [-0.39, 0.29) is 0 Å². The van der Waals surface area contributed by atoms with Crippen molar-refractivity contribution in [3.8, 4) is 0 Å². The second-order valence-corrected chi connectivity index (χ2v) is 9.69. The summed E-state index contributed by atoms with van der Waals surface area (Å²) in [4.78, 5) is 55.6. The first-order chi connectivity index (χ1) is 17.0. The molecule has 1 aliphatic heterocycles. The molecule has 0 saturated carbocycles. The lowest BCUT2D eigenvalue weighted by molar-refractivity contribution is -0.151. The molecule has 1 atom stereocenters. The summed E-state index contributed by atoms with van der Waals surface area (Å²) < 4.78 is 6.11. The summed E-state index contributed by atoms with van der Waals surface area (Å²) in [5.41, 5.74) is 1.56. The van der Waals surface area contributed by atoms with E-state index in [2.05, 4.69) is 15.6 Å². The number of fused-ring (bicyclic) bond motifs is 3. The first kappa shape index (κ1) is 23.0. The van der Waals surface area contributed by atoms with E-state index in [1.54, 1.807) is 11.3 Å². The summed E-state index contributed by atoms with van der Waals surface area (Å²) in [6.45, 7) is -0.685. The van der Waals surface area contributed by atoms with Crippen LogP contribution < -0.4 is 10.6 Å². The first-order valence-electron chi connectivity index (χ1n) is 11.5. The zero-order chi connectivity index (χ0) is 24.4. The van der Waals surface area contributed by atoms with Crippen molar-refractivity contribution in [3.63, 3.8) is 0 Å². The van der Waals surface area contributed by atoms with E-state index in [0.717, 1.165) is 44.1 Å². The number of carbonyl (C=O) groups is 4. The summed E-state index contributed by atoms with van der Waals surface area (Å²) >= 11 is 1.57. The molecule has 1 unspecified atom stereocenters. The van der Waals surface area contributed by atoms with Crippen LogP contribution >= 0.6 is 11.3 Å². The largest absolute Gasteiger partial charge is 0.454 e. The number of hydrogen-bond donors (Lipinski definition) is 2. The standard InChI is InChI=1S/C25H24N4O5S/c30-20(26-13-11-21-27-18-9-3-4-10-19(18)35-21)15-34-22(31)14-29-23(32)25(28-24(29)33)12-5-7-16-6-1-2-8-17(16)25/h1-4,6,8-10H,5,7,11-15H2,(H,26,30)(H,28,33). The van der Waals surface area contributed by atoms with Gasteiger partial charge in [-0.25, -0.2) is 9.78 Å². The molecule has 9 nitrogen and oxygen atoms in total. The van der Waals surface area contributed by atoms with Crippen LogP contribution in [0, 0.1) is 0 Å². The van der Waals surface area contributed by atoms with Crippen molar-refractivity contribution in [1.29, 1.82) is 0 Å². The lowest BCUT2D eigenvalue weighted by atomic mass is 9.76. The molecule has 2 N–H and O–H groups in total. The molecule has 35 heavy (non-hydrogen) atoms. The fraction of sp³-hybridized carbons (Fsp3) is 0.320. The summed E-state index contributed by atoms with van der Waals surface area (Å²) in [5.74, 6) is -1.75. The van der Waals surface area contributed by atoms with Gasteiger partial charge in [0.25, 0.3) is 11.8 Å². The molecule has 2 aromatic carbocycles. The van der Waals surface area contributed by atoms with Crippen LogP contribution in [-0.2, 0) is 37.5 Å². The Kier molecular flexibility index (Phi) is 6.21. The number of hydrogen-bond acceptors (Lipinski definition) is 7. The minimum Gasteiger partial charge on any atom is -0.454 e. The Morgan fingerprint density at radius 1 is 1.14 bits per heavy atom. The first-order valence-corrected chi connectivity index (χ1v) is 12.3. The van der Waals surface area contributed by atoms with Crippen LogP contribution in [0.4, 0.5) is 4.79 Å². The van der Waals surface area contributed by atoms with Crippen molar-refractivity contribution in [2.45, 2.75) is 31.2 Å². The number of aromatic nitrogens is 1. The Bertz CT molecular complexity index is 1290. The highest BCUT2D eigenvalue weighted by Gasteiger charge is 2.54. The molecule has 1 aliphatic carbocycles. The lowest BCUT2D eigenvalue weighted by Gasteiger charge is -2.33. The molecule has 1 spiro atoms. The minimum atomic E-state index is -1.15. The van der Waals surface area contributed by atoms with E-state index in [1.807, 2.05) is 48.5 Å². The average Bonchev–Trinajstić information content (AvgIpc) is 3.37. The highest BCUT2D eigenvalue weighted by molar-refractivity contribution is 7.18. The molecule has 180 valence electrons.